The maximum atomic E-state index is 6.12. The molecule has 0 amide bonds. The van der Waals surface area contributed by atoms with Crippen LogP contribution in [0.3, 0.4) is 0 Å². The van der Waals surface area contributed by atoms with Crippen LogP contribution in [0, 0.1) is 0 Å². The van der Waals surface area contributed by atoms with Gasteiger partial charge in [-0.25, -0.2) is 4.98 Å². The highest BCUT2D eigenvalue weighted by atomic mass is 16.5. The van der Waals surface area contributed by atoms with Gasteiger partial charge in [0.25, 0.3) is 0 Å². The summed E-state index contributed by atoms with van der Waals surface area (Å²) in [7, 11) is 0. The quantitative estimate of drug-likeness (QED) is 0.206. The maximum Gasteiger partial charge on any atom is 0.238 e. The molecule has 0 saturated carbocycles. The lowest BCUT2D eigenvalue weighted by Gasteiger charge is -2.38. The van der Waals surface area contributed by atoms with Crippen molar-refractivity contribution in [1.29, 1.82) is 0 Å². The zero-order valence-corrected chi connectivity index (χ0v) is 23.2. The number of fused-ring (bicyclic) bond motifs is 1. The Morgan fingerprint density at radius 2 is 1.31 bits per heavy atom. The molecule has 0 bridgehead atoms. The first-order valence-electron chi connectivity index (χ1n) is 14.3. The average molecular weight is 554 g/mol. The Morgan fingerprint density at radius 3 is 1.88 bits per heavy atom. The third-order valence-electron chi connectivity index (χ3n) is 7.86. The van der Waals surface area contributed by atoms with E-state index in [4.69, 9.17) is 14.5 Å². The molecule has 7 rings (SSSR count). The smallest absolute Gasteiger partial charge is 0.238 e. The van der Waals surface area contributed by atoms with Crippen molar-refractivity contribution in [3.63, 3.8) is 0 Å². The molecule has 0 spiro atoms. The minimum Gasteiger partial charge on any atom is -0.437 e. The Balaban J connectivity index is 1.26. The van der Waals surface area contributed by atoms with E-state index in [1.165, 1.54) is 0 Å². The topological polar surface area (TPSA) is 65.3 Å². The summed E-state index contributed by atoms with van der Waals surface area (Å²) >= 11 is 0. The molecule has 3 heterocycles. The van der Waals surface area contributed by atoms with Crippen LogP contribution in [0.15, 0.2) is 128 Å². The zero-order chi connectivity index (χ0) is 28.2. The van der Waals surface area contributed by atoms with Crippen molar-refractivity contribution in [3.8, 4) is 11.6 Å². The fourth-order valence-electron chi connectivity index (χ4n) is 5.87. The van der Waals surface area contributed by atoms with Crippen LogP contribution in [0.5, 0.6) is 11.6 Å². The van der Waals surface area contributed by atoms with E-state index in [1.54, 1.807) is 0 Å². The van der Waals surface area contributed by atoms with Crippen molar-refractivity contribution in [2.75, 3.05) is 26.3 Å². The number of nitrogens with zero attached hydrogens (tertiary/aromatic N) is 5. The largest absolute Gasteiger partial charge is 0.437 e. The second-order valence-corrected chi connectivity index (χ2v) is 10.4. The molecule has 1 aliphatic heterocycles. The van der Waals surface area contributed by atoms with Gasteiger partial charge >= 0.3 is 0 Å². The number of aromatic nitrogens is 4. The summed E-state index contributed by atoms with van der Waals surface area (Å²) < 4.78 is 13.8. The Labute approximate surface area is 245 Å². The molecule has 0 atom stereocenters. The molecule has 0 N–H and O–H groups in total. The van der Waals surface area contributed by atoms with Crippen LogP contribution in [0.25, 0.3) is 11.0 Å². The molecule has 0 radical (unpaired) electrons. The normalized spacial score (nSPS) is 14.2. The van der Waals surface area contributed by atoms with Crippen LogP contribution < -0.4 is 4.74 Å². The number of hydrogen-bond donors (Lipinski definition) is 0. The molecule has 7 heteroatoms. The first-order valence-corrected chi connectivity index (χ1v) is 14.3. The first-order chi connectivity index (χ1) is 20.8. The van der Waals surface area contributed by atoms with E-state index in [0.717, 1.165) is 66.3 Å². The highest BCUT2D eigenvalue weighted by Gasteiger charge is 2.39. The molecule has 208 valence electrons. The molecule has 0 aliphatic carbocycles. The molecule has 4 aromatic carbocycles. The Kier molecular flexibility index (Phi) is 7.18. The minimum absolute atomic E-state index is 0.451. The standard InChI is InChI=1S/C35H31N5O2/c1-4-10-27(11-5-1)35(28-12-6-2-7-13-28,29-14-8-3-9-15-29)40-26-36-32-24-31(17-18-33(32)40)42-34-19-16-30(37-38-34)25-39-20-22-41-23-21-39/h1-19,24,26H,20-23,25H2. The highest BCUT2D eigenvalue weighted by molar-refractivity contribution is 5.79. The van der Waals surface area contributed by atoms with Crippen LogP contribution in [-0.2, 0) is 16.8 Å². The molecular weight excluding hydrogens is 522 g/mol. The first kappa shape index (κ1) is 26.1. The van der Waals surface area contributed by atoms with Gasteiger partial charge in [0, 0.05) is 31.8 Å². The van der Waals surface area contributed by atoms with Gasteiger partial charge in [-0.15, -0.1) is 5.10 Å². The lowest BCUT2D eigenvalue weighted by molar-refractivity contribution is 0.0335. The van der Waals surface area contributed by atoms with Gasteiger partial charge in [0.2, 0.25) is 5.88 Å². The zero-order valence-electron chi connectivity index (χ0n) is 23.2. The Hall–Kier alpha value is -4.85. The van der Waals surface area contributed by atoms with E-state index >= 15 is 0 Å². The predicted molar refractivity (Wildman–Crippen MR) is 163 cm³/mol. The third-order valence-corrected chi connectivity index (χ3v) is 7.86. The van der Waals surface area contributed by atoms with Gasteiger partial charge in [0.15, 0.2) is 0 Å². The molecule has 2 aromatic heterocycles. The number of benzene rings is 4. The molecule has 1 aliphatic rings. The number of imidazole rings is 1. The van der Waals surface area contributed by atoms with Crippen molar-refractivity contribution >= 4 is 11.0 Å². The molecule has 42 heavy (non-hydrogen) atoms. The number of morpholine rings is 1. The summed E-state index contributed by atoms with van der Waals surface area (Å²) in [5.41, 5.74) is 5.54. The summed E-state index contributed by atoms with van der Waals surface area (Å²) in [5.74, 6) is 1.11. The third kappa shape index (κ3) is 4.93. The van der Waals surface area contributed by atoms with Crippen LogP contribution in [-0.4, -0.2) is 51.0 Å². The summed E-state index contributed by atoms with van der Waals surface area (Å²) in [4.78, 5) is 7.19. The summed E-state index contributed by atoms with van der Waals surface area (Å²) in [6.07, 6.45) is 1.93. The second kappa shape index (κ2) is 11.6. The Bertz CT molecular complexity index is 1650. The molecule has 1 saturated heterocycles. The van der Waals surface area contributed by atoms with E-state index in [0.29, 0.717) is 11.6 Å². The molecular formula is C35H31N5O2. The van der Waals surface area contributed by atoms with Crippen molar-refractivity contribution in [1.82, 2.24) is 24.6 Å². The van der Waals surface area contributed by atoms with E-state index in [9.17, 15) is 0 Å². The number of ether oxygens (including phenoxy) is 2. The van der Waals surface area contributed by atoms with Gasteiger partial charge in [-0.1, -0.05) is 91.0 Å². The van der Waals surface area contributed by atoms with E-state index < -0.39 is 5.54 Å². The SMILES string of the molecule is c1ccc(C(c2ccccc2)(c2ccccc2)n2cnc3cc(Oc4ccc(CN5CCOCC5)nn4)ccc32)cc1. The molecule has 6 aromatic rings. The average Bonchev–Trinajstić information content (AvgIpc) is 3.48. The van der Waals surface area contributed by atoms with Crippen LogP contribution >= 0.6 is 0 Å². The van der Waals surface area contributed by atoms with Crippen LogP contribution in [0.4, 0.5) is 0 Å². The fraction of sp³-hybridized carbons (Fsp3) is 0.171. The highest BCUT2D eigenvalue weighted by Crippen LogP contribution is 2.42. The molecule has 1 fully saturated rings. The van der Waals surface area contributed by atoms with Gasteiger partial charge in [0.1, 0.15) is 11.3 Å². The summed E-state index contributed by atoms with van der Waals surface area (Å²) in [5, 5.41) is 8.72. The van der Waals surface area contributed by atoms with Crippen LogP contribution in [0.2, 0.25) is 0 Å². The second-order valence-electron chi connectivity index (χ2n) is 10.4. The van der Waals surface area contributed by atoms with E-state index in [1.807, 2.05) is 30.6 Å². The van der Waals surface area contributed by atoms with Crippen molar-refractivity contribution in [3.05, 3.63) is 150 Å². The fourth-order valence-corrected chi connectivity index (χ4v) is 5.87. The van der Waals surface area contributed by atoms with Gasteiger partial charge in [-0.3, -0.25) is 4.90 Å². The number of hydrogen-bond acceptors (Lipinski definition) is 6. The number of rotatable bonds is 8. The lowest BCUT2D eigenvalue weighted by atomic mass is 9.76. The van der Waals surface area contributed by atoms with Gasteiger partial charge < -0.3 is 14.0 Å². The van der Waals surface area contributed by atoms with Crippen molar-refractivity contribution in [2.45, 2.75) is 12.1 Å². The van der Waals surface area contributed by atoms with Gasteiger partial charge in [-0.2, -0.15) is 5.10 Å². The van der Waals surface area contributed by atoms with E-state index in [2.05, 4.69) is 117 Å². The van der Waals surface area contributed by atoms with E-state index in [-0.39, 0.29) is 0 Å². The van der Waals surface area contributed by atoms with Crippen LogP contribution in [0.1, 0.15) is 22.4 Å². The lowest BCUT2D eigenvalue weighted by Crippen LogP contribution is -2.37. The Morgan fingerprint density at radius 1 is 0.690 bits per heavy atom. The predicted octanol–water partition coefficient (Wildman–Crippen LogP) is 6.29. The molecule has 0 unspecified atom stereocenters. The minimum atomic E-state index is -0.636. The molecule has 7 nitrogen and oxygen atoms in total. The van der Waals surface area contributed by atoms with Gasteiger partial charge in [0.05, 0.1) is 36.3 Å². The summed E-state index contributed by atoms with van der Waals surface area (Å²) in [6, 6.07) is 41.7. The van der Waals surface area contributed by atoms with Gasteiger partial charge in [-0.05, 0) is 34.9 Å². The maximum absolute atomic E-state index is 6.12. The van der Waals surface area contributed by atoms with Crippen molar-refractivity contribution in [2.24, 2.45) is 0 Å². The monoisotopic (exact) mass is 553 g/mol. The van der Waals surface area contributed by atoms with Crippen molar-refractivity contribution < 1.29 is 9.47 Å². The summed E-state index contributed by atoms with van der Waals surface area (Å²) in [6.45, 7) is 4.09.